The van der Waals surface area contributed by atoms with Crippen LogP contribution in [0.1, 0.15) is 31.7 Å². The molecule has 0 unspecified atom stereocenters. The SMILES string of the molecule is CCCCCNc1cc(Br)ccc1C(F)(F)F. The van der Waals surface area contributed by atoms with Gasteiger partial charge in [-0.3, -0.25) is 0 Å². The Labute approximate surface area is 108 Å². The largest absolute Gasteiger partial charge is 0.418 e. The zero-order valence-electron chi connectivity index (χ0n) is 9.57. The number of rotatable bonds is 5. The molecule has 0 aromatic heterocycles. The van der Waals surface area contributed by atoms with Gasteiger partial charge in [0.2, 0.25) is 0 Å². The molecule has 1 N–H and O–H groups in total. The molecule has 0 heterocycles. The van der Waals surface area contributed by atoms with Gasteiger partial charge in [-0.25, -0.2) is 0 Å². The summed E-state index contributed by atoms with van der Waals surface area (Å²) in [6, 6.07) is 3.96. The molecule has 0 fully saturated rings. The van der Waals surface area contributed by atoms with Gasteiger partial charge in [-0.1, -0.05) is 35.7 Å². The van der Waals surface area contributed by atoms with E-state index in [0.29, 0.717) is 11.0 Å². The van der Waals surface area contributed by atoms with Gasteiger partial charge in [-0.15, -0.1) is 0 Å². The van der Waals surface area contributed by atoms with Gasteiger partial charge < -0.3 is 5.32 Å². The molecule has 0 saturated heterocycles. The van der Waals surface area contributed by atoms with Crippen molar-refractivity contribution in [2.45, 2.75) is 32.4 Å². The highest BCUT2D eigenvalue weighted by Crippen LogP contribution is 2.36. The van der Waals surface area contributed by atoms with E-state index in [1.165, 1.54) is 12.1 Å². The highest BCUT2D eigenvalue weighted by Gasteiger charge is 2.33. The molecule has 1 nitrogen and oxygen atoms in total. The minimum absolute atomic E-state index is 0.142. The molecule has 17 heavy (non-hydrogen) atoms. The summed E-state index contributed by atoms with van der Waals surface area (Å²) in [5.41, 5.74) is -0.472. The normalized spacial score (nSPS) is 11.6. The number of unbranched alkanes of at least 4 members (excludes halogenated alkanes) is 2. The zero-order chi connectivity index (χ0) is 12.9. The summed E-state index contributed by atoms with van der Waals surface area (Å²) in [6.45, 7) is 2.62. The molecule has 0 aliphatic rings. The minimum Gasteiger partial charge on any atom is -0.385 e. The van der Waals surface area contributed by atoms with Crippen LogP contribution in [-0.4, -0.2) is 6.54 Å². The van der Waals surface area contributed by atoms with Crippen molar-refractivity contribution in [2.75, 3.05) is 11.9 Å². The number of nitrogens with one attached hydrogen (secondary N) is 1. The van der Waals surface area contributed by atoms with E-state index in [-0.39, 0.29) is 5.69 Å². The van der Waals surface area contributed by atoms with Crippen LogP contribution in [0, 0.1) is 0 Å². The predicted octanol–water partition coefficient (Wildman–Crippen LogP) is 5.07. The van der Waals surface area contributed by atoms with Crippen molar-refractivity contribution < 1.29 is 13.2 Å². The van der Waals surface area contributed by atoms with E-state index in [0.717, 1.165) is 25.3 Å². The molecule has 96 valence electrons. The predicted molar refractivity (Wildman–Crippen MR) is 67.2 cm³/mol. The van der Waals surface area contributed by atoms with Crippen molar-refractivity contribution >= 4 is 21.6 Å². The number of hydrogen-bond donors (Lipinski definition) is 1. The number of anilines is 1. The highest BCUT2D eigenvalue weighted by molar-refractivity contribution is 9.10. The van der Waals surface area contributed by atoms with Gasteiger partial charge in [0.15, 0.2) is 0 Å². The minimum atomic E-state index is -4.31. The van der Waals surface area contributed by atoms with Crippen molar-refractivity contribution in [3.8, 4) is 0 Å². The molecule has 0 saturated carbocycles. The van der Waals surface area contributed by atoms with Crippen molar-refractivity contribution in [1.29, 1.82) is 0 Å². The van der Waals surface area contributed by atoms with Gasteiger partial charge in [0.1, 0.15) is 0 Å². The van der Waals surface area contributed by atoms with E-state index < -0.39 is 11.7 Å². The lowest BCUT2D eigenvalue weighted by Crippen LogP contribution is -2.11. The number of halogens is 4. The average molecular weight is 310 g/mol. The van der Waals surface area contributed by atoms with Crippen LogP contribution in [0.4, 0.5) is 18.9 Å². The van der Waals surface area contributed by atoms with Crippen LogP contribution < -0.4 is 5.32 Å². The first-order chi connectivity index (χ1) is 7.95. The Hall–Kier alpha value is -0.710. The van der Waals surface area contributed by atoms with Gasteiger partial charge in [-0.05, 0) is 24.6 Å². The first-order valence-corrected chi connectivity index (χ1v) is 6.35. The van der Waals surface area contributed by atoms with Crippen molar-refractivity contribution in [3.63, 3.8) is 0 Å². The standard InChI is InChI=1S/C12H15BrF3N/c1-2-3-4-7-17-11-8-9(13)5-6-10(11)12(14,15)16/h5-6,8,17H,2-4,7H2,1H3. The van der Waals surface area contributed by atoms with E-state index in [4.69, 9.17) is 0 Å². The molecule has 0 atom stereocenters. The maximum atomic E-state index is 12.7. The molecule has 0 aliphatic carbocycles. The fourth-order valence-corrected chi connectivity index (χ4v) is 1.87. The quantitative estimate of drug-likeness (QED) is 0.749. The lowest BCUT2D eigenvalue weighted by Gasteiger charge is -2.14. The van der Waals surface area contributed by atoms with Gasteiger partial charge in [0, 0.05) is 16.7 Å². The van der Waals surface area contributed by atoms with Gasteiger partial charge in [0.25, 0.3) is 0 Å². The van der Waals surface area contributed by atoms with E-state index in [9.17, 15) is 13.2 Å². The van der Waals surface area contributed by atoms with Crippen LogP contribution in [0.25, 0.3) is 0 Å². The van der Waals surface area contributed by atoms with Gasteiger partial charge in [-0.2, -0.15) is 13.2 Å². The van der Waals surface area contributed by atoms with Crippen LogP contribution in [-0.2, 0) is 6.18 Å². The van der Waals surface area contributed by atoms with Crippen molar-refractivity contribution in [1.82, 2.24) is 0 Å². The summed E-state index contributed by atoms with van der Waals surface area (Å²) in [7, 11) is 0. The second kappa shape index (κ2) is 6.28. The fourth-order valence-electron chi connectivity index (χ4n) is 1.51. The summed E-state index contributed by atoms with van der Waals surface area (Å²) in [5, 5.41) is 2.85. The van der Waals surface area contributed by atoms with Crippen LogP contribution in [0.3, 0.4) is 0 Å². The third-order valence-electron chi connectivity index (χ3n) is 2.38. The molecule has 0 aliphatic heterocycles. The maximum absolute atomic E-state index is 12.7. The third-order valence-corrected chi connectivity index (χ3v) is 2.88. The zero-order valence-corrected chi connectivity index (χ0v) is 11.2. The number of alkyl halides is 3. The van der Waals surface area contributed by atoms with Gasteiger partial charge in [0.05, 0.1) is 5.56 Å². The summed E-state index contributed by atoms with van der Waals surface area (Å²) in [4.78, 5) is 0. The maximum Gasteiger partial charge on any atom is 0.418 e. The Morgan fingerprint density at radius 2 is 1.94 bits per heavy atom. The molecule has 1 aromatic carbocycles. The molecule has 0 radical (unpaired) electrons. The number of benzene rings is 1. The topological polar surface area (TPSA) is 12.0 Å². The highest BCUT2D eigenvalue weighted by atomic mass is 79.9. The van der Waals surface area contributed by atoms with Crippen molar-refractivity contribution in [2.24, 2.45) is 0 Å². The Balaban J connectivity index is 2.77. The Morgan fingerprint density at radius 3 is 2.53 bits per heavy atom. The monoisotopic (exact) mass is 309 g/mol. The van der Waals surface area contributed by atoms with Crippen LogP contribution in [0.2, 0.25) is 0 Å². The summed E-state index contributed by atoms with van der Waals surface area (Å²) in [5.74, 6) is 0. The first-order valence-electron chi connectivity index (χ1n) is 5.55. The molecular formula is C12H15BrF3N. The molecule has 1 aromatic rings. The Kier molecular flexibility index (Phi) is 5.31. The second-order valence-corrected chi connectivity index (χ2v) is 4.74. The Morgan fingerprint density at radius 1 is 1.24 bits per heavy atom. The van der Waals surface area contributed by atoms with Crippen LogP contribution in [0.15, 0.2) is 22.7 Å². The van der Waals surface area contributed by atoms with Crippen molar-refractivity contribution in [3.05, 3.63) is 28.2 Å². The van der Waals surface area contributed by atoms with Crippen LogP contribution in [0.5, 0.6) is 0 Å². The summed E-state index contributed by atoms with van der Waals surface area (Å²) < 4.78 is 38.7. The van der Waals surface area contributed by atoms with E-state index in [2.05, 4.69) is 28.2 Å². The molecular weight excluding hydrogens is 295 g/mol. The third kappa shape index (κ3) is 4.58. The van der Waals surface area contributed by atoms with Gasteiger partial charge >= 0.3 is 6.18 Å². The van der Waals surface area contributed by atoms with E-state index in [1.807, 2.05) is 0 Å². The molecule has 5 heteroatoms. The lowest BCUT2D eigenvalue weighted by molar-refractivity contribution is -0.136. The number of hydrogen-bond acceptors (Lipinski definition) is 1. The first kappa shape index (κ1) is 14.4. The molecule has 1 rings (SSSR count). The molecule has 0 amide bonds. The lowest BCUT2D eigenvalue weighted by atomic mass is 10.1. The fraction of sp³-hybridized carbons (Fsp3) is 0.500. The average Bonchev–Trinajstić information content (AvgIpc) is 2.23. The van der Waals surface area contributed by atoms with E-state index >= 15 is 0 Å². The van der Waals surface area contributed by atoms with E-state index in [1.54, 1.807) is 0 Å². The molecule has 0 spiro atoms. The summed E-state index contributed by atoms with van der Waals surface area (Å²) >= 11 is 3.18. The second-order valence-electron chi connectivity index (χ2n) is 3.82. The summed E-state index contributed by atoms with van der Waals surface area (Å²) in [6.07, 6.45) is -1.37. The Bertz CT molecular complexity index is 363. The smallest absolute Gasteiger partial charge is 0.385 e. The van der Waals surface area contributed by atoms with Crippen LogP contribution >= 0.6 is 15.9 Å². The molecule has 0 bridgehead atoms.